The van der Waals surface area contributed by atoms with Crippen LogP contribution in [0, 0.1) is 12.3 Å². The second-order valence-corrected chi connectivity index (χ2v) is 4.33. The lowest BCUT2D eigenvalue weighted by Crippen LogP contribution is -2.31. The first-order valence-corrected chi connectivity index (χ1v) is 5.79. The first-order chi connectivity index (χ1) is 7.77. The quantitative estimate of drug-likeness (QED) is 0.779. The Hall–Kier alpha value is -1.46. The van der Waals surface area contributed by atoms with Crippen molar-refractivity contribution >= 4 is 5.69 Å². The number of hydrogen-bond acceptors (Lipinski definition) is 2. The maximum absolute atomic E-state index is 5.66. The van der Waals surface area contributed by atoms with Crippen molar-refractivity contribution in [2.45, 2.75) is 25.3 Å². The van der Waals surface area contributed by atoms with E-state index in [1.807, 2.05) is 0 Å². The summed E-state index contributed by atoms with van der Waals surface area (Å²) in [6, 6.07) is 8.66. The van der Waals surface area contributed by atoms with Crippen LogP contribution < -0.4 is 10.6 Å². The third-order valence-electron chi connectivity index (χ3n) is 3.33. The van der Waals surface area contributed by atoms with Crippen molar-refractivity contribution in [2.75, 3.05) is 18.0 Å². The van der Waals surface area contributed by atoms with Gasteiger partial charge in [0.15, 0.2) is 0 Å². The van der Waals surface area contributed by atoms with Crippen LogP contribution in [0.1, 0.15) is 24.8 Å². The van der Waals surface area contributed by atoms with E-state index in [1.165, 1.54) is 11.3 Å². The van der Waals surface area contributed by atoms with Gasteiger partial charge >= 0.3 is 0 Å². The molecule has 1 aromatic carbocycles. The van der Waals surface area contributed by atoms with Crippen LogP contribution in [0.3, 0.4) is 0 Å². The lowest BCUT2D eigenvalue weighted by molar-refractivity contribution is 0.633. The Kier molecular flexibility index (Phi) is 3.17. The molecule has 2 N–H and O–H groups in total. The van der Waals surface area contributed by atoms with Gasteiger partial charge in [0.1, 0.15) is 0 Å². The molecule has 16 heavy (non-hydrogen) atoms. The van der Waals surface area contributed by atoms with E-state index in [4.69, 9.17) is 12.2 Å². The molecule has 2 atom stereocenters. The van der Waals surface area contributed by atoms with Gasteiger partial charge in [-0.05, 0) is 31.5 Å². The molecule has 2 nitrogen and oxygen atoms in total. The van der Waals surface area contributed by atoms with Crippen LogP contribution in [0.5, 0.6) is 0 Å². The summed E-state index contributed by atoms with van der Waals surface area (Å²) in [4.78, 5) is 2.30. The van der Waals surface area contributed by atoms with Crippen LogP contribution in [0.15, 0.2) is 24.3 Å². The van der Waals surface area contributed by atoms with Crippen LogP contribution in [-0.4, -0.2) is 19.1 Å². The van der Waals surface area contributed by atoms with Crippen LogP contribution in [0.25, 0.3) is 0 Å². The highest BCUT2D eigenvalue weighted by Gasteiger charge is 2.29. The fourth-order valence-corrected chi connectivity index (χ4v) is 2.43. The average molecular weight is 214 g/mol. The third-order valence-corrected chi connectivity index (χ3v) is 3.33. The molecule has 1 aromatic rings. The van der Waals surface area contributed by atoms with E-state index in [9.17, 15) is 0 Å². The second kappa shape index (κ2) is 4.59. The summed E-state index contributed by atoms with van der Waals surface area (Å²) < 4.78 is 0. The number of hydrogen-bond donors (Lipinski definition) is 1. The lowest BCUT2D eigenvalue weighted by Gasteiger charge is -2.23. The van der Waals surface area contributed by atoms with Crippen molar-refractivity contribution in [3.05, 3.63) is 29.8 Å². The Morgan fingerprint density at radius 3 is 3.00 bits per heavy atom. The van der Waals surface area contributed by atoms with Gasteiger partial charge in [-0.1, -0.05) is 24.1 Å². The minimum atomic E-state index is 0.156. The number of terminal acetylenes is 1. The van der Waals surface area contributed by atoms with Gasteiger partial charge in [-0.3, -0.25) is 0 Å². The SMILES string of the molecule is C#CC(C)N1CC(CCN)c2ccccc21. The molecule has 2 heteroatoms. The minimum absolute atomic E-state index is 0.156. The maximum atomic E-state index is 5.66. The maximum Gasteiger partial charge on any atom is 0.0873 e. The molecule has 0 aromatic heterocycles. The minimum Gasteiger partial charge on any atom is -0.357 e. The molecule has 0 aliphatic carbocycles. The first kappa shape index (κ1) is 11.0. The fraction of sp³-hybridized carbons (Fsp3) is 0.429. The van der Waals surface area contributed by atoms with E-state index in [1.54, 1.807) is 0 Å². The average Bonchev–Trinajstić information content (AvgIpc) is 2.68. The number of benzene rings is 1. The molecule has 0 radical (unpaired) electrons. The van der Waals surface area contributed by atoms with Gasteiger partial charge in [0.05, 0.1) is 6.04 Å². The van der Waals surface area contributed by atoms with E-state index in [-0.39, 0.29) is 6.04 Å². The molecule has 0 saturated heterocycles. The summed E-state index contributed by atoms with van der Waals surface area (Å²) >= 11 is 0. The van der Waals surface area contributed by atoms with Gasteiger partial charge in [-0.2, -0.15) is 0 Å². The highest BCUT2D eigenvalue weighted by atomic mass is 15.2. The Balaban J connectivity index is 2.32. The van der Waals surface area contributed by atoms with Gasteiger partial charge < -0.3 is 10.6 Å². The number of para-hydroxylation sites is 1. The molecule has 0 amide bonds. The summed E-state index contributed by atoms with van der Waals surface area (Å²) in [5.74, 6) is 3.34. The Morgan fingerprint density at radius 1 is 1.56 bits per heavy atom. The summed E-state index contributed by atoms with van der Waals surface area (Å²) in [6.45, 7) is 3.81. The van der Waals surface area contributed by atoms with Crippen LogP contribution in [0.4, 0.5) is 5.69 Å². The third kappa shape index (κ3) is 1.79. The highest BCUT2D eigenvalue weighted by molar-refractivity contribution is 5.61. The summed E-state index contributed by atoms with van der Waals surface area (Å²) in [5.41, 5.74) is 8.34. The molecule has 2 rings (SSSR count). The molecule has 0 bridgehead atoms. The number of fused-ring (bicyclic) bond motifs is 1. The Labute approximate surface area is 97.4 Å². The van der Waals surface area contributed by atoms with Gasteiger partial charge in [0.25, 0.3) is 0 Å². The van der Waals surface area contributed by atoms with Crippen LogP contribution >= 0.6 is 0 Å². The Morgan fingerprint density at radius 2 is 2.31 bits per heavy atom. The molecular formula is C14H18N2. The molecule has 1 aliphatic heterocycles. The van der Waals surface area contributed by atoms with E-state index < -0.39 is 0 Å². The number of anilines is 1. The number of nitrogens with zero attached hydrogens (tertiary/aromatic N) is 1. The zero-order valence-electron chi connectivity index (χ0n) is 9.69. The normalized spacial score (nSPS) is 20.3. The Bertz CT molecular complexity index is 405. The molecule has 1 heterocycles. The zero-order valence-corrected chi connectivity index (χ0v) is 9.69. The molecule has 0 fully saturated rings. The van der Waals surface area contributed by atoms with Crippen molar-refractivity contribution in [3.63, 3.8) is 0 Å². The predicted octanol–water partition coefficient (Wildman–Crippen LogP) is 1.96. The van der Waals surface area contributed by atoms with Crippen molar-refractivity contribution in [2.24, 2.45) is 5.73 Å². The molecule has 2 unspecified atom stereocenters. The summed E-state index contributed by atoms with van der Waals surface area (Å²) in [7, 11) is 0. The van der Waals surface area contributed by atoms with Crippen molar-refractivity contribution in [1.29, 1.82) is 0 Å². The van der Waals surface area contributed by atoms with E-state index in [2.05, 4.69) is 42.0 Å². The highest BCUT2D eigenvalue weighted by Crippen LogP contribution is 2.38. The molecular weight excluding hydrogens is 196 g/mol. The molecule has 84 valence electrons. The summed E-state index contributed by atoms with van der Waals surface area (Å²) in [6.07, 6.45) is 6.54. The number of nitrogens with two attached hydrogens (primary N) is 1. The molecule has 1 aliphatic rings. The van der Waals surface area contributed by atoms with Crippen LogP contribution in [0.2, 0.25) is 0 Å². The lowest BCUT2D eigenvalue weighted by atomic mass is 9.98. The van der Waals surface area contributed by atoms with Gasteiger partial charge in [0.2, 0.25) is 0 Å². The predicted molar refractivity (Wildman–Crippen MR) is 68.5 cm³/mol. The topological polar surface area (TPSA) is 29.3 Å². The largest absolute Gasteiger partial charge is 0.357 e. The second-order valence-electron chi connectivity index (χ2n) is 4.33. The standard InChI is InChI=1S/C14H18N2/c1-3-11(2)16-10-12(8-9-15)13-6-4-5-7-14(13)16/h1,4-7,11-12H,8-10,15H2,2H3. The van der Waals surface area contributed by atoms with E-state index >= 15 is 0 Å². The monoisotopic (exact) mass is 214 g/mol. The van der Waals surface area contributed by atoms with E-state index in [0.29, 0.717) is 5.92 Å². The molecule has 0 saturated carbocycles. The van der Waals surface area contributed by atoms with Crippen molar-refractivity contribution < 1.29 is 0 Å². The van der Waals surface area contributed by atoms with Crippen molar-refractivity contribution in [3.8, 4) is 12.3 Å². The number of rotatable bonds is 3. The summed E-state index contributed by atoms with van der Waals surface area (Å²) in [5, 5.41) is 0. The fourth-order valence-electron chi connectivity index (χ4n) is 2.43. The van der Waals surface area contributed by atoms with Crippen LogP contribution in [-0.2, 0) is 0 Å². The van der Waals surface area contributed by atoms with E-state index in [0.717, 1.165) is 19.5 Å². The molecule has 0 spiro atoms. The van der Waals surface area contributed by atoms with Gasteiger partial charge in [-0.15, -0.1) is 6.42 Å². The first-order valence-electron chi connectivity index (χ1n) is 5.79. The zero-order chi connectivity index (χ0) is 11.5. The smallest absolute Gasteiger partial charge is 0.0873 e. The van der Waals surface area contributed by atoms with Gasteiger partial charge in [-0.25, -0.2) is 0 Å². The van der Waals surface area contributed by atoms with Gasteiger partial charge in [0, 0.05) is 18.2 Å². The van der Waals surface area contributed by atoms with Crippen molar-refractivity contribution in [1.82, 2.24) is 0 Å².